The van der Waals surface area contributed by atoms with Gasteiger partial charge >= 0.3 is 0 Å². The van der Waals surface area contributed by atoms with Crippen LogP contribution in [0.3, 0.4) is 0 Å². The third-order valence-corrected chi connectivity index (χ3v) is 4.81. The number of rotatable bonds is 8. The van der Waals surface area contributed by atoms with Gasteiger partial charge in [0.05, 0.1) is 6.61 Å². The van der Waals surface area contributed by atoms with Gasteiger partial charge in [-0.3, -0.25) is 4.79 Å². The summed E-state index contributed by atoms with van der Waals surface area (Å²) in [7, 11) is 1.60. The van der Waals surface area contributed by atoms with E-state index >= 15 is 0 Å². The first-order valence-electron chi connectivity index (χ1n) is 8.67. The van der Waals surface area contributed by atoms with E-state index in [1.54, 1.807) is 12.5 Å². The number of thiazole rings is 1. The van der Waals surface area contributed by atoms with Crippen molar-refractivity contribution in [3.05, 3.63) is 70.7 Å². The molecule has 140 valence electrons. The molecule has 3 aromatic rings. The minimum atomic E-state index is -0.187. The summed E-state index contributed by atoms with van der Waals surface area (Å²) in [5.41, 5.74) is 3.74. The fraction of sp³-hybridized carbons (Fsp3) is 0.238. The van der Waals surface area contributed by atoms with Crippen LogP contribution in [-0.2, 0) is 11.3 Å². The smallest absolute Gasteiger partial charge is 0.270 e. The number of carbonyl (C=O) groups excluding carboxylic acids is 1. The highest BCUT2D eigenvalue weighted by atomic mass is 32.1. The standard InChI is InChI=1S/C21H22N2O3S/c1-15-4-3-5-16(12-15)13-26-18-8-6-17(7-9-18)21-23-19(14-27-21)20(24)22-10-11-25-2/h3-9,12,14H,10-11,13H2,1-2H3,(H,22,24). The zero-order chi connectivity index (χ0) is 19.1. The quantitative estimate of drug-likeness (QED) is 0.597. The molecule has 1 aromatic heterocycles. The Bertz CT molecular complexity index is 890. The van der Waals surface area contributed by atoms with E-state index in [0.717, 1.165) is 21.9 Å². The number of carbonyl (C=O) groups is 1. The number of benzene rings is 2. The number of nitrogens with one attached hydrogen (secondary N) is 1. The molecule has 0 unspecified atom stereocenters. The molecule has 2 aromatic carbocycles. The first-order chi connectivity index (χ1) is 13.2. The lowest BCUT2D eigenvalue weighted by Gasteiger charge is -2.07. The summed E-state index contributed by atoms with van der Waals surface area (Å²) < 4.78 is 10.8. The normalized spacial score (nSPS) is 10.6. The number of nitrogens with zero attached hydrogens (tertiary/aromatic N) is 1. The van der Waals surface area contributed by atoms with Gasteiger partial charge in [-0.2, -0.15) is 0 Å². The topological polar surface area (TPSA) is 60.5 Å². The van der Waals surface area contributed by atoms with Gasteiger partial charge in [0.2, 0.25) is 0 Å². The Kier molecular flexibility index (Phi) is 6.57. The molecule has 0 spiro atoms. The van der Waals surface area contributed by atoms with E-state index in [9.17, 15) is 4.79 Å². The molecule has 0 saturated carbocycles. The lowest BCUT2D eigenvalue weighted by molar-refractivity contribution is 0.0933. The second-order valence-corrected chi connectivity index (χ2v) is 6.95. The number of aryl methyl sites for hydroxylation is 1. The molecule has 0 aliphatic heterocycles. The average molecular weight is 382 g/mol. The number of amides is 1. The molecule has 0 saturated heterocycles. The molecule has 0 aliphatic carbocycles. The maximum Gasteiger partial charge on any atom is 0.270 e. The van der Waals surface area contributed by atoms with Crippen LogP contribution in [0.1, 0.15) is 21.6 Å². The number of hydrogen-bond donors (Lipinski definition) is 1. The Morgan fingerprint density at radius 3 is 2.74 bits per heavy atom. The number of aromatic nitrogens is 1. The third-order valence-electron chi connectivity index (χ3n) is 3.92. The molecule has 1 N–H and O–H groups in total. The number of methoxy groups -OCH3 is 1. The van der Waals surface area contributed by atoms with E-state index in [-0.39, 0.29) is 5.91 Å². The van der Waals surface area contributed by atoms with Crippen molar-refractivity contribution in [2.45, 2.75) is 13.5 Å². The maximum atomic E-state index is 12.0. The van der Waals surface area contributed by atoms with Crippen LogP contribution in [0.25, 0.3) is 10.6 Å². The van der Waals surface area contributed by atoms with Crippen LogP contribution in [0.4, 0.5) is 0 Å². The van der Waals surface area contributed by atoms with Crippen LogP contribution >= 0.6 is 11.3 Å². The highest BCUT2D eigenvalue weighted by Gasteiger charge is 2.11. The molecule has 0 fully saturated rings. The summed E-state index contributed by atoms with van der Waals surface area (Å²) in [6, 6.07) is 16.0. The second kappa shape index (κ2) is 9.30. The highest BCUT2D eigenvalue weighted by Crippen LogP contribution is 2.26. The van der Waals surface area contributed by atoms with Crippen molar-refractivity contribution in [3.8, 4) is 16.3 Å². The SMILES string of the molecule is COCCNC(=O)c1csc(-c2ccc(OCc3cccc(C)c3)cc2)n1. The van der Waals surface area contributed by atoms with Gasteiger partial charge in [-0.25, -0.2) is 4.98 Å². The van der Waals surface area contributed by atoms with Crippen molar-refractivity contribution in [2.24, 2.45) is 0 Å². The molecule has 0 radical (unpaired) electrons. The van der Waals surface area contributed by atoms with Crippen molar-refractivity contribution in [3.63, 3.8) is 0 Å². The Morgan fingerprint density at radius 1 is 1.19 bits per heavy atom. The van der Waals surface area contributed by atoms with Crippen molar-refractivity contribution < 1.29 is 14.3 Å². The van der Waals surface area contributed by atoms with Gasteiger partial charge in [0, 0.05) is 24.6 Å². The van der Waals surface area contributed by atoms with Crippen LogP contribution in [0.5, 0.6) is 5.75 Å². The monoisotopic (exact) mass is 382 g/mol. The summed E-state index contributed by atoms with van der Waals surface area (Å²) in [6.45, 7) is 3.55. The van der Waals surface area contributed by atoms with E-state index in [1.165, 1.54) is 16.9 Å². The largest absolute Gasteiger partial charge is 0.489 e. The van der Waals surface area contributed by atoms with E-state index in [1.807, 2.05) is 30.3 Å². The van der Waals surface area contributed by atoms with Crippen LogP contribution in [0.2, 0.25) is 0 Å². The lowest BCUT2D eigenvalue weighted by atomic mass is 10.1. The molecule has 27 heavy (non-hydrogen) atoms. The fourth-order valence-electron chi connectivity index (χ4n) is 2.53. The molecule has 1 amide bonds. The van der Waals surface area contributed by atoms with E-state index in [4.69, 9.17) is 9.47 Å². The molecule has 5 nitrogen and oxygen atoms in total. The Balaban J connectivity index is 1.59. The second-order valence-electron chi connectivity index (χ2n) is 6.09. The number of ether oxygens (including phenoxy) is 2. The highest BCUT2D eigenvalue weighted by molar-refractivity contribution is 7.13. The molecular weight excluding hydrogens is 360 g/mol. The van der Waals surface area contributed by atoms with Crippen LogP contribution in [0, 0.1) is 6.92 Å². The Morgan fingerprint density at radius 2 is 2.00 bits per heavy atom. The molecule has 0 aliphatic rings. The fourth-order valence-corrected chi connectivity index (χ4v) is 3.34. The van der Waals surface area contributed by atoms with Gasteiger partial charge in [-0.15, -0.1) is 11.3 Å². The van der Waals surface area contributed by atoms with Crippen molar-refractivity contribution in [2.75, 3.05) is 20.3 Å². The molecule has 1 heterocycles. The summed E-state index contributed by atoms with van der Waals surface area (Å²) in [6.07, 6.45) is 0. The van der Waals surface area contributed by atoms with Crippen LogP contribution in [-0.4, -0.2) is 31.2 Å². The van der Waals surface area contributed by atoms with Crippen LogP contribution < -0.4 is 10.1 Å². The first kappa shape index (κ1) is 19.1. The predicted octanol–water partition coefficient (Wildman–Crippen LogP) is 4.07. The van der Waals surface area contributed by atoms with Gasteiger partial charge in [0.1, 0.15) is 23.1 Å². The van der Waals surface area contributed by atoms with Crippen LogP contribution in [0.15, 0.2) is 53.9 Å². The van der Waals surface area contributed by atoms with E-state index in [0.29, 0.717) is 25.5 Å². The third kappa shape index (κ3) is 5.39. The van der Waals surface area contributed by atoms with Gasteiger partial charge < -0.3 is 14.8 Å². The minimum absolute atomic E-state index is 0.187. The molecular formula is C21H22N2O3S. The van der Waals surface area contributed by atoms with Crippen molar-refractivity contribution in [1.29, 1.82) is 0 Å². The summed E-state index contributed by atoms with van der Waals surface area (Å²) in [5, 5.41) is 5.34. The summed E-state index contributed by atoms with van der Waals surface area (Å²) >= 11 is 1.44. The van der Waals surface area contributed by atoms with Gasteiger partial charge in [-0.05, 0) is 36.8 Å². The van der Waals surface area contributed by atoms with Crippen molar-refractivity contribution >= 4 is 17.2 Å². The maximum absolute atomic E-state index is 12.0. The van der Waals surface area contributed by atoms with Gasteiger partial charge in [0.25, 0.3) is 5.91 Å². The molecule has 3 rings (SSSR count). The average Bonchev–Trinajstić information content (AvgIpc) is 3.17. The van der Waals surface area contributed by atoms with Gasteiger partial charge in [-0.1, -0.05) is 29.8 Å². The lowest BCUT2D eigenvalue weighted by Crippen LogP contribution is -2.27. The minimum Gasteiger partial charge on any atom is -0.489 e. The molecule has 0 bridgehead atoms. The van der Waals surface area contributed by atoms with E-state index in [2.05, 4.69) is 35.4 Å². The van der Waals surface area contributed by atoms with E-state index < -0.39 is 0 Å². The number of hydrogen-bond acceptors (Lipinski definition) is 5. The van der Waals surface area contributed by atoms with Gasteiger partial charge in [0.15, 0.2) is 0 Å². The first-order valence-corrected chi connectivity index (χ1v) is 9.55. The molecule has 0 atom stereocenters. The summed E-state index contributed by atoms with van der Waals surface area (Å²) in [5.74, 6) is 0.613. The van der Waals surface area contributed by atoms with Crippen molar-refractivity contribution in [1.82, 2.24) is 10.3 Å². The summed E-state index contributed by atoms with van der Waals surface area (Å²) in [4.78, 5) is 16.4. The Labute approximate surface area is 163 Å². The predicted molar refractivity (Wildman–Crippen MR) is 107 cm³/mol. The molecule has 6 heteroatoms. The zero-order valence-electron chi connectivity index (χ0n) is 15.4. The zero-order valence-corrected chi connectivity index (χ0v) is 16.2. The Hall–Kier alpha value is -2.70.